The summed E-state index contributed by atoms with van der Waals surface area (Å²) < 4.78 is 27.2. The summed E-state index contributed by atoms with van der Waals surface area (Å²) in [5.74, 6) is 0. The number of aromatic nitrogens is 2. The van der Waals surface area contributed by atoms with Crippen LogP contribution in [0.4, 0.5) is 5.69 Å². The van der Waals surface area contributed by atoms with Crippen molar-refractivity contribution in [2.24, 2.45) is 0 Å². The Kier molecular flexibility index (Phi) is 4.23. The molecule has 1 aromatic carbocycles. The summed E-state index contributed by atoms with van der Waals surface area (Å²) >= 11 is 3.22. The van der Waals surface area contributed by atoms with Gasteiger partial charge in [-0.1, -0.05) is 0 Å². The van der Waals surface area contributed by atoms with Gasteiger partial charge < -0.3 is 10.7 Å². The molecule has 0 aliphatic carbocycles. The standard InChI is InChI=1S/C11H13BrN4O2S/c12-10-2-1-9(5-11(10)13)19(17,18)16-4-3-8-6-14-7-15-8/h1-2,5-7,16H,3-4,13H2,(H,14,15). The Morgan fingerprint density at radius 1 is 1.42 bits per heavy atom. The molecule has 0 spiro atoms. The number of sulfonamides is 1. The number of nitrogen functional groups attached to an aromatic ring is 1. The van der Waals surface area contributed by atoms with E-state index in [-0.39, 0.29) is 4.90 Å². The quantitative estimate of drug-likeness (QED) is 0.711. The van der Waals surface area contributed by atoms with Gasteiger partial charge in [0, 0.05) is 35.0 Å². The van der Waals surface area contributed by atoms with Crippen LogP contribution in [0.1, 0.15) is 5.69 Å². The number of benzene rings is 1. The van der Waals surface area contributed by atoms with E-state index in [2.05, 4.69) is 30.6 Å². The lowest BCUT2D eigenvalue weighted by atomic mass is 10.3. The van der Waals surface area contributed by atoms with Crippen LogP contribution < -0.4 is 10.5 Å². The molecule has 0 fully saturated rings. The average molecular weight is 345 g/mol. The SMILES string of the molecule is Nc1cc(S(=O)(=O)NCCc2cnc[nH]2)ccc1Br. The van der Waals surface area contributed by atoms with Gasteiger partial charge in [-0.3, -0.25) is 0 Å². The van der Waals surface area contributed by atoms with Crippen molar-refractivity contribution in [1.29, 1.82) is 0 Å². The number of hydrogen-bond acceptors (Lipinski definition) is 4. The molecule has 0 bridgehead atoms. The molecule has 0 radical (unpaired) electrons. The number of halogens is 1. The molecular weight excluding hydrogens is 332 g/mol. The number of aromatic amines is 1. The molecule has 6 nitrogen and oxygen atoms in total. The van der Waals surface area contributed by atoms with Gasteiger partial charge in [-0.05, 0) is 34.1 Å². The van der Waals surface area contributed by atoms with Gasteiger partial charge in [-0.25, -0.2) is 18.1 Å². The fraction of sp³-hybridized carbons (Fsp3) is 0.182. The second kappa shape index (κ2) is 5.72. The van der Waals surface area contributed by atoms with Crippen molar-refractivity contribution in [2.45, 2.75) is 11.3 Å². The summed E-state index contributed by atoms with van der Waals surface area (Å²) in [5, 5.41) is 0. The lowest BCUT2D eigenvalue weighted by Gasteiger charge is -2.07. The molecule has 0 atom stereocenters. The number of hydrogen-bond donors (Lipinski definition) is 3. The monoisotopic (exact) mass is 344 g/mol. The molecule has 8 heteroatoms. The van der Waals surface area contributed by atoms with Crippen LogP contribution in [-0.4, -0.2) is 24.9 Å². The molecule has 102 valence electrons. The molecule has 1 aromatic heterocycles. The average Bonchev–Trinajstić information content (AvgIpc) is 2.85. The van der Waals surface area contributed by atoms with Crippen LogP contribution in [0.2, 0.25) is 0 Å². The Bertz CT molecular complexity index is 655. The molecule has 0 saturated carbocycles. The van der Waals surface area contributed by atoms with Gasteiger partial charge in [-0.2, -0.15) is 0 Å². The van der Waals surface area contributed by atoms with Crippen LogP contribution in [0, 0.1) is 0 Å². The summed E-state index contributed by atoms with van der Waals surface area (Å²) in [6, 6.07) is 4.53. The van der Waals surface area contributed by atoms with E-state index < -0.39 is 10.0 Å². The fourth-order valence-electron chi connectivity index (χ4n) is 1.51. The van der Waals surface area contributed by atoms with E-state index in [0.29, 0.717) is 23.1 Å². The highest BCUT2D eigenvalue weighted by atomic mass is 79.9. The van der Waals surface area contributed by atoms with Crippen LogP contribution in [-0.2, 0) is 16.4 Å². The first-order chi connectivity index (χ1) is 8.99. The van der Waals surface area contributed by atoms with Crippen molar-refractivity contribution >= 4 is 31.6 Å². The first kappa shape index (κ1) is 14.0. The minimum atomic E-state index is -3.54. The second-order valence-corrected chi connectivity index (χ2v) is 6.53. The predicted molar refractivity (Wildman–Crippen MR) is 76.0 cm³/mol. The molecule has 2 rings (SSSR count). The highest BCUT2D eigenvalue weighted by Crippen LogP contribution is 2.22. The third-order valence-corrected chi connectivity index (χ3v) is 4.70. The number of anilines is 1. The molecule has 0 amide bonds. The van der Waals surface area contributed by atoms with Crippen molar-refractivity contribution < 1.29 is 8.42 Å². The molecule has 19 heavy (non-hydrogen) atoms. The minimum Gasteiger partial charge on any atom is -0.398 e. The Hall–Kier alpha value is -1.38. The summed E-state index contributed by atoms with van der Waals surface area (Å²) in [4.78, 5) is 6.92. The Morgan fingerprint density at radius 3 is 2.84 bits per heavy atom. The van der Waals surface area contributed by atoms with Gasteiger partial charge in [-0.15, -0.1) is 0 Å². The zero-order valence-electron chi connectivity index (χ0n) is 9.93. The Morgan fingerprint density at radius 2 is 2.21 bits per heavy atom. The molecule has 0 aliphatic rings. The normalized spacial score (nSPS) is 11.6. The molecular formula is C11H13BrN4O2S. The smallest absolute Gasteiger partial charge is 0.240 e. The maximum Gasteiger partial charge on any atom is 0.240 e. The molecule has 0 aliphatic heterocycles. The van der Waals surface area contributed by atoms with E-state index in [1.807, 2.05) is 0 Å². The van der Waals surface area contributed by atoms with Gasteiger partial charge in [0.1, 0.15) is 0 Å². The Labute approximate surface area is 119 Å². The molecule has 0 saturated heterocycles. The van der Waals surface area contributed by atoms with Gasteiger partial charge in [0.25, 0.3) is 0 Å². The van der Waals surface area contributed by atoms with Crippen molar-refractivity contribution in [1.82, 2.24) is 14.7 Å². The van der Waals surface area contributed by atoms with Crippen LogP contribution in [0.15, 0.2) is 40.1 Å². The van der Waals surface area contributed by atoms with Crippen LogP contribution >= 0.6 is 15.9 Å². The second-order valence-electron chi connectivity index (χ2n) is 3.91. The summed E-state index contributed by atoms with van der Waals surface area (Å²) in [6.07, 6.45) is 3.76. The van der Waals surface area contributed by atoms with Gasteiger partial charge >= 0.3 is 0 Å². The van der Waals surface area contributed by atoms with Gasteiger partial charge in [0.05, 0.1) is 11.2 Å². The third kappa shape index (κ3) is 3.55. The maximum atomic E-state index is 12.0. The van der Waals surface area contributed by atoms with E-state index in [9.17, 15) is 8.42 Å². The number of rotatable bonds is 5. The van der Waals surface area contributed by atoms with Crippen LogP contribution in [0.25, 0.3) is 0 Å². The third-order valence-electron chi connectivity index (χ3n) is 2.52. The van der Waals surface area contributed by atoms with Crippen LogP contribution in [0.3, 0.4) is 0 Å². The van der Waals surface area contributed by atoms with E-state index in [4.69, 9.17) is 5.73 Å². The molecule has 2 aromatic rings. The fourth-order valence-corrected chi connectivity index (χ4v) is 2.83. The van der Waals surface area contributed by atoms with E-state index in [1.54, 1.807) is 18.6 Å². The first-order valence-electron chi connectivity index (χ1n) is 5.51. The lowest BCUT2D eigenvalue weighted by Crippen LogP contribution is -2.26. The topological polar surface area (TPSA) is 101 Å². The van der Waals surface area contributed by atoms with Gasteiger partial charge in [0.15, 0.2) is 0 Å². The first-order valence-corrected chi connectivity index (χ1v) is 7.78. The van der Waals surface area contributed by atoms with Crippen molar-refractivity contribution in [2.75, 3.05) is 12.3 Å². The number of H-pyrrole nitrogens is 1. The van der Waals surface area contributed by atoms with Crippen molar-refractivity contribution in [3.05, 3.63) is 40.9 Å². The number of nitrogens with zero attached hydrogens (tertiary/aromatic N) is 1. The van der Waals surface area contributed by atoms with Crippen LogP contribution in [0.5, 0.6) is 0 Å². The van der Waals surface area contributed by atoms with Crippen molar-refractivity contribution in [3.63, 3.8) is 0 Å². The molecule has 4 N–H and O–H groups in total. The van der Waals surface area contributed by atoms with E-state index >= 15 is 0 Å². The van der Waals surface area contributed by atoms with E-state index in [1.165, 1.54) is 12.1 Å². The minimum absolute atomic E-state index is 0.151. The maximum absolute atomic E-state index is 12.0. The van der Waals surface area contributed by atoms with Gasteiger partial charge in [0.2, 0.25) is 10.0 Å². The lowest BCUT2D eigenvalue weighted by molar-refractivity contribution is 0.581. The largest absolute Gasteiger partial charge is 0.398 e. The Balaban J connectivity index is 2.03. The van der Waals surface area contributed by atoms with Crippen molar-refractivity contribution in [3.8, 4) is 0 Å². The predicted octanol–water partition coefficient (Wildman–Crippen LogP) is 1.28. The highest BCUT2D eigenvalue weighted by molar-refractivity contribution is 9.10. The zero-order valence-corrected chi connectivity index (χ0v) is 12.3. The molecule has 1 heterocycles. The summed E-state index contributed by atoms with van der Waals surface area (Å²) in [5.41, 5.74) is 6.93. The summed E-state index contributed by atoms with van der Waals surface area (Å²) in [6.45, 7) is 0.292. The number of nitrogens with one attached hydrogen (secondary N) is 2. The number of nitrogens with two attached hydrogens (primary N) is 1. The summed E-state index contributed by atoms with van der Waals surface area (Å²) in [7, 11) is -3.54. The van der Waals surface area contributed by atoms with E-state index in [0.717, 1.165) is 5.69 Å². The molecule has 0 unspecified atom stereocenters. The number of imidazole rings is 1. The highest BCUT2D eigenvalue weighted by Gasteiger charge is 2.14. The zero-order chi connectivity index (χ0) is 13.9.